The number of benzene rings is 1. The Morgan fingerprint density at radius 1 is 1.04 bits per heavy atom. The zero-order chi connectivity index (χ0) is 17.9. The van der Waals surface area contributed by atoms with E-state index in [-0.39, 0.29) is 0 Å². The summed E-state index contributed by atoms with van der Waals surface area (Å²) in [5.41, 5.74) is 1.61. The molecular formula is C19H14ClN5O. The fourth-order valence-electron chi connectivity index (χ4n) is 2.55. The molecule has 0 fully saturated rings. The molecule has 128 valence electrons. The fraction of sp³-hybridized carbons (Fsp3) is 0.0526. The van der Waals surface area contributed by atoms with E-state index in [0.717, 1.165) is 22.2 Å². The number of fused-ring (bicyclic) bond motifs is 1. The molecule has 4 aromatic rings. The molecule has 0 saturated heterocycles. The molecular weight excluding hydrogens is 350 g/mol. The van der Waals surface area contributed by atoms with Gasteiger partial charge in [0.1, 0.15) is 17.4 Å². The molecule has 7 heteroatoms. The molecule has 3 aromatic heterocycles. The molecule has 3 heterocycles. The summed E-state index contributed by atoms with van der Waals surface area (Å²) in [6.45, 7) is 0. The number of hydrogen-bond donors (Lipinski definition) is 1. The van der Waals surface area contributed by atoms with Crippen molar-refractivity contribution in [3.63, 3.8) is 0 Å². The largest absolute Gasteiger partial charge is 0.497 e. The second kappa shape index (κ2) is 6.93. The maximum Gasteiger partial charge on any atom is 0.163 e. The lowest BCUT2D eigenvalue weighted by Crippen LogP contribution is -2.01. The summed E-state index contributed by atoms with van der Waals surface area (Å²) < 4.78 is 5.33. The first kappa shape index (κ1) is 16.2. The van der Waals surface area contributed by atoms with E-state index >= 15 is 0 Å². The highest BCUT2D eigenvalue weighted by Crippen LogP contribution is 2.29. The summed E-state index contributed by atoms with van der Waals surface area (Å²) in [7, 11) is 1.62. The van der Waals surface area contributed by atoms with Crippen LogP contribution in [-0.4, -0.2) is 27.0 Å². The van der Waals surface area contributed by atoms with Crippen molar-refractivity contribution in [2.24, 2.45) is 0 Å². The molecule has 0 saturated carbocycles. The monoisotopic (exact) mass is 363 g/mol. The van der Waals surface area contributed by atoms with Crippen molar-refractivity contribution in [3.8, 4) is 17.1 Å². The number of hydrogen-bond acceptors (Lipinski definition) is 6. The lowest BCUT2D eigenvalue weighted by atomic mass is 10.2. The predicted octanol–water partition coefficient (Wildman–Crippen LogP) is 4.49. The minimum absolute atomic E-state index is 0.570. The number of halogens is 1. The maximum atomic E-state index is 6.06. The van der Waals surface area contributed by atoms with Gasteiger partial charge in [0.25, 0.3) is 0 Å². The van der Waals surface area contributed by atoms with Gasteiger partial charge < -0.3 is 10.1 Å². The zero-order valence-corrected chi connectivity index (χ0v) is 14.6. The number of rotatable bonds is 4. The highest BCUT2D eigenvalue weighted by atomic mass is 35.5. The number of nitrogens with zero attached hydrogens (tertiary/aromatic N) is 4. The van der Waals surface area contributed by atoms with Crippen molar-refractivity contribution >= 4 is 34.1 Å². The average Bonchev–Trinajstić information content (AvgIpc) is 2.68. The van der Waals surface area contributed by atoms with Crippen molar-refractivity contribution in [1.82, 2.24) is 19.9 Å². The van der Waals surface area contributed by atoms with E-state index in [1.165, 1.54) is 0 Å². The van der Waals surface area contributed by atoms with Crippen LogP contribution in [0.4, 0.5) is 11.6 Å². The second-order valence-electron chi connectivity index (χ2n) is 5.50. The van der Waals surface area contributed by atoms with Crippen LogP contribution in [0.2, 0.25) is 5.02 Å². The van der Waals surface area contributed by atoms with Gasteiger partial charge in [-0.15, -0.1) is 0 Å². The summed E-state index contributed by atoms with van der Waals surface area (Å²) in [5, 5.41) is 4.63. The normalized spacial score (nSPS) is 10.7. The molecule has 0 radical (unpaired) electrons. The van der Waals surface area contributed by atoms with Gasteiger partial charge in [-0.1, -0.05) is 11.6 Å². The number of nitrogens with one attached hydrogen (secondary N) is 1. The van der Waals surface area contributed by atoms with E-state index in [1.807, 2.05) is 30.3 Å². The van der Waals surface area contributed by atoms with Gasteiger partial charge in [0, 0.05) is 34.6 Å². The first-order chi connectivity index (χ1) is 12.7. The van der Waals surface area contributed by atoms with Crippen LogP contribution in [0.5, 0.6) is 5.75 Å². The molecule has 0 spiro atoms. The average molecular weight is 364 g/mol. The number of aromatic nitrogens is 4. The molecule has 26 heavy (non-hydrogen) atoms. The SMILES string of the molecule is COc1ccc2nc(-c3cccnc3)nc(Nc3cc(Cl)ccn3)c2c1. The van der Waals surface area contributed by atoms with Crippen LogP contribution >= 0.6 is 11.6 Å². The van der Waals surface area contributed by atoms with Gasteiger partial charge in [0.15, 0.2) is 5.82 Å². The third-order valence-corrected chi connectivity index (χ3v) is 4.03. The summed E-state index contributed by atoms with van der Waals surface area (Å²) in [5.74, 6) is 2.50. The summed E-state index contributed by atoms with van der Waals surface area (Å²) in [4.78, 5) is 17.7. The molecule has 0 amide bonds. The molecule has 0 aliphatic carbocycles. The van der Waals surface area contributed by atoms with Crippen molar-refractivity contribution in [3.05, 3.63) is 66.1 Å². The van der Waals surface area contributed by atoms with E-state index in [4.69, 9.17) is 16.3 Å². The van der Waals surface area contributed by atoms with Crippen LogP contribution in [0.25, 0.3) is 22.3 Å². The molecule has 6 nitrogen and oxygen atoms in total. The third kappa shape index (κ3) is 3.27. The van der Waals surface area contributed by atoms with Gasteiger partial charge >= 0.3 is 0 Å². The second-order valence-corrected chi connectivity index (χ2v) is 5.94. The van der Waals surface area contributed by atoms with Gasteiger partial charge in [-0.25, -0.2) is 15.0 Å². The van der Waals surface area contributed by atoms with Gasteiger partial charge in [0.05, 0.1) is 12.6 Å². The molecule has 0 atom stereocenters. The lowest BCUT2D eigenvalue weighted by molar-refractivity contribution is 0.415. The minimum Gasteiger partial charge on any atom is -0.497 e. The molecule has 1 aromatic carbocycles. The Hall–Kier alpha value is -3.25. The highest BCUT2D eigenvalue weighted by molar-refractivity contribution is 6.30. The van der Waals surface area contributed by atoms with E-state index in [1.54, 1.807) is 37.8 Å². The quantitative estimate of drug-likeness (QED) is 0.575. The van der Waals surface area contributed by atoms with Crippen LogP contribution < -0.4 is 10.1 Å². The predicted molar refractivity (Wildman–Crippen MR) is 102 cm³/mol. The van der Waals surface area contributed by atoms with Crippen LogP contribution in [-0.2, 0) is 0 Å². The Kier molecular flexibility index (Phi) is 4.33. The number of ether oxygens (including phenoxy) is 1. The number of pyridine rings is 2. The first-order valence-electron chi connectivity index (χ1n) is 7.88. The topological polar surface area (TPSA) is 72.8 Å². The first-order valence-corrected chi connectivity index (χ1v) is 8.25. The number of methoxy groups -OCH3 is 1. The summed E-state index contributed by atoms with van der Waals surface area (Å²) in [6.07, 6.45) is 5.08. The smallest absolute Gasteiger partial charge is 0.163 e. The molecule has 0 bridgehead atoms. The van der Waals surface area contributed by atoms with Gasteiger partial charge in [-0.2, -0.15) is 0 Å². The Morgan fingerprint density at radius 2 is 1.96 bits per heavy atom. The van der Waals surface area contributed by atoms with E-state index in [2.05, 4.69) is 25.3 Å². The van der Waals surface area contributed by atoms with Gasteiger partial charge in [0.2, 0.25) is 0 Å². The van der Waals surface area contributed by atoms with Crippen LogP contribution in [0.1, 0.15) is 0 Å². The van der Waals surface area contributed by atoms with Crippen molar-refractivity contribution in [2.45, 2.75) is 0 Å². The molecule has 0 aliphatic heterocycles. The van der Waals surface area contributed by atoms with E-state index in [9.17, 15) is 0 Å². The molecule has 4 rings (SSSR count). The third-order valence-electron chi connectivity index (χ3n) is 3.79. The Balaban J connectivity index is 1.89. The minimum atomic E-state index is 0.570. The fourth-order valence-corrected chi connectivity index (χ4v) is 2.71. The molecule has 0 aliphatic rings. The Bertz CT molecular complexity index is 1070. The molecule has 1 N–H and O–H groups in total. The van der Waals surface area contributed by atoms with Gasteiger partial charge in [-0.3, -0.25) is 4.98 Å². The van der Waals surface area contributed by atoms with Crippen LogP contribution in [0.3, 0.4) is 0 Å². The molecule has 0 unspecified atom stereocenters. The highest BCUT2D eigenvalue weighted by Gasteiger charge is 2.12. The lowest BCUT2D eigenvalue weighted by Gasteiger charge is -2.11. The summed E-state index contributed by atoms with van der Waals surface area (Å²) in [6, 6.07) is 12.9. The summed E-state index contributed by atoms with van der Waals surface area (Å²) >= 11 is 6.06. The Morgan fingerprint density at radius 3 is 2.73 bits per heavy atom. The van der Waals surface area contributed by atoms with Crippen molar-refractivity contribution in [1.29, 1.82) is 0 Å². The standard InChI is InChI=1S/C19H14ClN5O/c1-26-14-4-5-16-15(10-14)19(24-17-9-13(20)6-8-22-17)25-18(23-16)12-3-2-7-21-11-12/h2-11H,1H3,(H,22,23,24,25). The van der Waals surface area contributed by atoms with E-state index in [0.29, 0.717) is 22.5 Å². The zero-order valence-electron chi connectivity index (χ0n) is 13.8. The van der Waals surface area contributed by atoms with E-state index < -0.39 is 0 Å². The number of anilines is 2. The van der Waals surface area contributed by atoms with Gasteiger partial charge in [-0.05, 0) is 42.5 Å². The maximum absolute atomic E-state index is 6.06. The van der Waals surface area contributed by atoms with Crippen LogP contribution in [0.15, 0.2) is 61.1 Å². The van der Waals surface area contributed by atoms with Crippen molar-refractivity contribution < 1.29 is 4.74 Å². The Labute approximate surface area is 154 Å². The van der Waals surface area contributed by atoms with Crippen molar-refractivity contribution in [2.75, 3.05) is 12.4 Å². The van der Waals surface area contributed by atoms with Crippen LogP contribution in [0, 0.1) is 0 Å².